The molecule has 1 unspecified atom stereocenters. The fraction of sp³-hybridized carbons (Fsp3) is 0.263. The molecular weight excluding hydrogens is 433 g/mol. The van der Waals surface area contributed by atoms with Crippen LogP contribution in [0.2, 0.25) is 5.02 Å². The van der Waals surface area contributed by atoms with Gasteiger partial charge in [-0.15, -0.1) is 0 Å². The van der Waals surface area contributed by atoms with Crippen LogP contribution in [0, 0.1) is 0 Å². The van der Waals surface area contributed by atoms with Gasteiger partial charge in [0, 0.05) is 6.07 Å². The minimum Gasteiger partial charge on any atom is -0.478 e. The standard InChI is InChI=1S/C19H16ClF3O5S/c1-10(17(24)26-2)27-16-9-12(5-6-13(16)18(25)29-3)28-15-7-4-11(8-14(15)20)19(21,22)23/h4-10H,1-3H3. The third kappa shape index (κ3) is 5.80. The van der Waals surface area contributed by atoms with Gasteiger partial charge >= 0.3 is 12.1 Å². The van der Waals surface area contributed by atoms with Crippen LogP contribution in [0.25, 0.3) is 0 Å². The van der Waals surface area contributed by atoms with Gasteiger partial charge in [-0.2, -0.15) is 13.2 Å². The van der Waals surface area contributed by atoms with Crippen molar-refractivity contribution in [2.45, 2.75) is 19.2 Å². The van der Waals surface area contributed by atoms with Gasteiger partial charge in [-0.05, 0) is 43.5 Å². The highest BCUT2D eigenvalue weighted by Gasteiger charge is 2.31. The Labute approximate surface area is 174 Å². The predicted octanol–water partition coefficient (Wildman–Crippen LogP) is 5.59. The van der Waals surface area contributed by atoms with Gasteiger partial charge in [0.25, 0.3) is 0 Å². The lowest BCUT2D eigenvalue weighted by molar-refractivity contribution is -0.148. The summed E-state index contributed by atoms with van der Waals surface area (Å²) in [6.07, 6.45) is -3.95. The number of ether oxygens (including phenoxy) is 3. The zero-order valence-electron chi connectivity index (χ0n) is 15.5. The molecule has 5 nitrogen and oxygen atoms in total. The highest BCUT2D eigenvalue weighted by Crippen LogP contribution is 2.37. The Morgan fingerprint density at radius 3 is 2.34 bits per heavy atom. The molecule has 0 aliphatic rings. The molecule has 0 spiro atoms. The molecule has 0 heterocycles. The smallest absolute Gasteiger partial charge is 0.416 e. The number of hydrogen-bond donors (Lipinski definition) is 0. The summed E-state index contributed by atoms with van der Waals surface area (Å²) in [7, 11) is 1.20. The number of thioether (sulfide) groups is 1. The van der Waals surface area contributed by atoms with Gasteiger partial charge in [0.1, 0.15) is 17.2 Å². The van der Waals surface area contributed by atoms with Crippen molar-refractivity contribution in [3.63, 3.8) is 0 Å². The lowest BCUT2D eigenvalue weighted by atomic mass is 10.2. The number of carbonyl (C=O) groups excluding carboxylic acids is 2. The Morgan fingerprint density at radius 2 is 1.79 bits per heavy atom. The highest BCUT2D eigenvalue weighted by atomic mass is 35.5. The summed E-state index contributed by atoms with van der Waals surface area (Å²) in [5.74, 6) is -0.459. The third-order valence-electron chi connectivity index (χ3n) is 3.68. The van der Waals surface area contributed by atoms with Gasteiger partial charge in [-0.1, -0.05) is 23.4 Å². The average molecular weight is 449 g/mol. The first-order chi connectivity index (χ1) is 13.6. The molecule has 0 aromatic heterocycles. The summed E-state index contributed by atoms with van der Waals surface area (Å²) in [6, 6.07) is 6.88. The molecule has 29 heavy (non-hydrogen) atoms. The molecule has 0 N–H and O–H groups in total. The van der Waals surface area contributed by atoms with Gasteiger partial charge < -0.3 is 14.2 Å². The van der Waals surface area contributed by atoms with Crippen molar-refractivity contribution < 1.29 is 37.0 Å². The second kappa shape index (κ2) is 9.41. The zero-order chi connectivity index (χ0) is 21.8. The second-order valence-corrected chi connectivity index (χ2v) is 6.86. The number of carbonyl (C=O) groups is 2. The molecule has 0 radical (unpaired) electrons. The molecule has 2 rings (SSSR count). The maximum Gasteiger partial charge on any atom is 0.416 e. The Kier molecular flexibility index (Phi) is 7.43. The summed E-state index contributed by atoms with van der Waals surface area (Å²) in [5, 5.41) is -0.550. The van der Waals surface area contributed by atoms with E-state index in [-0.39, 0.29) is 32.9 Å². The van der Waals surface area contributed by atoms with Crippen LogP contribution in [0.5, 0.6) is 17.2 Å². The Hall–Kier alpha value is -2.39. The molecule has 0 saturated heterocycles. The van der Waals surface area contributed by atoms with Gasteiger partial charge in [0.05, 0.1) is 23.3 Å². The SMILES string of the molecule is COC(=O)C(C)Oc1cc(Oc2ccc(C(F)(F)F)cc2Cl)ccc1C(=O)SC. The number of methoxy groups -OCH3 is 1. The van der Waals surface area contributed by atoms with Gasteiger partial charge in [-0.3, -0.25) is 4.79 Å². The lowest BCUT2D eigenvalue weighted by Gasteiger charge is -2.17. The Bertz CT molecular complexity index is 917. The first-order valence-electron chi connectivity index (χ1n) is 8.08. The van der Waals surface area contributed by atoms with Crippen LogP contribution in [-0.2, 0) is 15.7 Å². The molecule has 2 aromatic carbocycles. The Morgan fingerprint density at radius 1 is 1.10 bits per heavy atom. The van der Waals surface area contributed by atoms with Crippen LogP contribution < -0.4 is 9.47 Å². The third-order valence-corrected chi connectivity index (χ3v) is 4.57. The number of halogens is 4. The first kappa shape index (κ1) is 22.9. The largest absolute Gasteiger partial charge is 0.478 e. The van der Waals surface area contributed by atoms with Crippen LogP contribution >= 0.6 is 23.4 Å². The van der Waals surface area contributed by atoms with E-state index in [1.54, 1.807) is 6.26 Å². The predicted molar refractivity (Wildman–Crippen MR) is 103 cm³/mol. The van der Waals surface area contributed by atoms with E-state index in [0.717, 1.165) is 30.0 Å². The van der Waals surface area contributed by atoms with Crippen LogP contribution in [0.1, 0.15) is 22.8 Å². The number of rotatable bonds is 6. The number of hydrogen-bond acceptors (Lipinski definition) is 6. The van der Waals surface area contributed by atoms with E-state index in [1.165, 1.54) is 32.2 Å². The normalized spacial score (nSPS) is 12.2. The fourth-order valence-corrected chi connectivity index (χ4v) is 2.84. The van der Waals surface area contributed by atoms with E-state index in [0.29, 0.717) is 0 Å². The minimum atomic E-state index is -4.53. The van der Waals surface area contributed by atoms with Gasteiger partial charge in [0.2, 0.25) is 5.12 Å². The molecule has 10 heteroatoms. The summed E-state index contributed by atoms with van der Waals surface area (Å²) in [4.78, 5) is 23.7. The summed E-state index contributed by atoms with van der Waals surface area (Å²) < 4.78 is 53.9. The summed E-state index contributed by atoms with van der Waals surface area (Å²) >= 11 is 6.85. The first-order valence-corrected chi connectivity index (χ1v) is 9.68. The molecule has 0 bridgehead atoms. The summed E-state index contributed by atoms with van der Waals surface area (Å²) in [5.41, 5.74) is -0.717. The number of alkyl halides is 3. The molecule has 0 amide bonds. The molecule has 156 valence electrons. The molecule has 0 saturated carbocycles. The van der Waals surface area contributed by atoms with Crippen LogP contribution in [0.4, 0.5) is 13.2 Å². The van der Waals surface area contributed by atoms with Crippen LogP contribution in [0.15, 0.2) is 36.4 Å². The second-order valence-electron chi connectivity index (χ2n) is 5.68. The quantitative estimate of drug-likeness (QED) is 0.536. The fourth-order valence-electron chi connectivity index (χ4n) is 2.23. The lowest BCUT2D eigenvalue weighted by Crippen LogP contribution is -2.25. The molecule has 0 fully saturated rings. The molecule has 0 aliphatic carbocycles. The van der Waals surface area contributed by atoms with Gasteiger partial charge in [0.15, 0.2) is 6.10 Å². The van der Waals surface area contributed by atoms with Crippen LogP contribution in [0.3, 0.4) is 0 Å². The van der Waals surface area contributed by atoms with Crippen molar-refractivity contribution in [1.82, 2.24) is 0 Å². The van der Waals surface area contributed by atoms with Gasteiger partial charge in [-0.25, -0.2) is 4.79 Å². The maximum absolute atomic E-state index is 12.8. The monoisotopic (exact) mass is 448 g/mol. The van der Waals surface area contributed by atoms with Crippen molar-refractivity contribution in [1.29, 1.82) is 0 Å². The Balaban J connectivity index is 2.35. The van der Waals surface area contributed by atoms with E-state index in [4.69, 9.17) is 21.1 Å². The number of esters is 1. The van der Waals surface area contributed by atoms with Crippen molar-refractivity contribution in [3.05, 3.63) is 52.5 Å². The molecule has 2 aromatic rings. The van der Waals surface area contributed by atoms with E-state index in [2.05, 4.69) is 4.74 Å². The van der Waals surface area contributed by atoms with Crippen molar-refractivity contribution >= 4 is 34.4 Å². The van der Waals surface area contributed by atoms with E-state index in [9.17, 15) is 22.8 Å². The summed E-state index contributed by atoms with van der Waals surface area (Å²) in [6.45, 7) is 1.44. The highest BCUT2D eigenvalue weighted by molar-refractivity contribution is 8.13. The van der Waals surface area contributed by atoms with Crippen LogP contribution in [-0.4, -0.2) is 30.6 Å². The van der Waals surface area contributed by atoms with Crippen molar-refractivity contribution in [2.24, 2.45) is 0 Å². The average Bonchev–Trinajstić information content (AvgIpc) is 2.67. The molecule has 0 aliphatic heterocycles. The molecular formula is C19H16ClF3O5S. The maximum atomic E-state index is 12.8. The van der Waals surface area contributed by atoms with Crippen molar-refractivity contribution in [2.75, 3.05) is 13.4 Å². The van der Waals surface area contributed by atoms with E-state index < -0.39 is 23.8 Å². The number of benzene rings is 2. The van der Waals surface area contributed by atoms with Crippen molar-refractivity contribution in [3.8, 4) is 17.2 Å². The van der Waals surface area contributed by atoms with E-state index >= 15 is 0 Å². The topological polar surface area (TPSA) is 61.8 Å². The van der Waals surface area contributed by atoms with E-state index in [1.807, 2.05) is 0 Å². The molecule has 1 atom stereocenters. The zero-order valence-corrected chi connectivity index (χ0v) is 17.1. The minimum absolute atomic E-state index is 0.0180.